The van der Waals surface area contributed by atoms with Crippen LogP contribution in [0.25, 0.3) is 0 Å². The molecule has 2 amide bonds. The van der Waals surface area contributed by atoms with Gasteiger partial charge in [0.05, 0.1) is 28.8 Å². The number of nitrogens with zero attached hydrogens (tertiary/aromatic N) is 2. The molecular formula is C26H33ClN2O5. The largest absolute Gasteiger partial charge is 0.491 e. The maximum Gasteiger partial charge on any atom is 0.410 e. The number of carbonyl (C=O) groups is 2. The normalized spacial score (nSPS) is 16.5. The second kappa shape index (κ2) is 9.84. The van der Waals surface area contributed by atoms with Crippen LogP contribution < -0.4 is 9.64 Å². The highest BCUT2D eigenvalue weighted by Gasteiger charge is 2.34. The van der Waals surface area contributed by atoms with Gasteiger partial charge in [0, 0.05) is 12.2 Å². The number of fused-ring (bicyclic) bond motifs is 1. The maximum atomic E-state index is 13.6. The van der Waals surface area contributed by atoms with Crippen LogP contribution in [0.2, 0.25) is 5.02 Å². The fourth-order valence-electron chi connectivity index (χ4n) is 3.63. The first-order chi connectivity index (χ1) is 15.7. The number of aliphatic hydroxyl groups is 1. The van der Waals surface area contributed by atoms with Crippen molar-refractivity contribution in [2.45, 2.75) is 65.3 Å². The first-order valence-electron chi connectivity index (χ1n) is 11.3. The molecule has 1 N–H and O–H groups in total. The number of hydrogen-bond donors (Lipinski definition) is 1. The third-order valence-electron chi connectivity index (χ3n) is 5.24. The van der Waals surface area contributed by atoms with E-state index in [1.807, 2.05) is 52.0 Å². The fourth-order valence-corrected chi connectivity index (χ4v) is 3.88. The molecule has 0 saturated carbocycles. The van der Waals surface area contributed by atoms with Gasteiger partial charge < -0.3 is 19.5 Å². The van der Waals surface area contributed by atoms with Crippen LogP contribution in [0.4, 0.5) is 10.5 Å². The monoisotopic (exact) mass is 488 g/mol. The van der Waals surface area contributed by atoms with Crippen molar-refractivity contribution in [3.8, 4) is 5.75 Å². The summed E-state index contributed by atoms with van der Waals surface area (Å²) in [4.78, 5) is 29.8. The summed E-state index contributed by atoms with van der Waals surface area (Å²) in [6.45, 7) is 11.4. The van der Waals surface area contributed by atoms with Crippen molar-refractivity contribution in [2.75, 3.05) is 18.1 Å². The van der Waals surface area contributed by atoms with Crippen molar-refractivity contribution < 1.29 is 24.2 Å². The lowest BCUT2D eigenvalue weighted by atomic mass is 10.1. The number of anilines is 1. The fraction of sp³-hybridized carbons (Fsp3) is 0.462. The third-order valence-corrected chi connectivity index (χ3v) is 5.55. The average Bonchev–Trinajstić information content (AvgIpc) is 2.87. The van der Waals surface area contributed by atoms with E-state index in [1.54, 1.807) is 41.8 Å². The first-order valence-corrected chi connectivity index (χ1v) is 11.7. The van der Waals surface area contributed by atoms with Crippen LogP contribution in [0.15, 0.2) is 42.5 Å². The summed E-state index contributed by atoms with van der Waals surface area (Å²) in [7, 11) is 0. The van der Waals surface area contributed by atoms with Crippen molar-refractivity contribution in [1.82, 2.24) is 4.90 Å². The van der Waals surface area contributed by atoms with E-state index >= 15 is 0 Å². The predicted molar refractivity (Wildman–Crippen MR) is 133 cm³/mol. The Kier molecular flexibility index (Phi) is 7.48. The van der Waals surface area contributed by atoms with Crippen molar-refractivity contribution in [1.29, 1.82) is 0 Å². The highest BCUT2D eigenvalue weighted by Crippen LogP contribution is 2.32. The van der Waals surface area contributed by atoms with E-state index in [1.165, 1.54) is 0 Å². The van der Waals surface area contributed by atoms with Gasteiger partial charge in [-0.05, 0) is 71.4 Å². The van der Waals surface area contributed by atoms with E-state index in [4.69, 9.17) is 21.1 Å². The molecule has 0 bridgehead atoms. The van der Waals surface area contributed by atoms with E-state index in [9.17, 15) is 14.7 Å². The van der Waals surface area contributed by atoms with Crippen molar-refractivity contribution >= 4 is 29.3 Å². The Labute approximate surface area is 206 Å². The first kappa shape index (κ1) is 25.8. The lowest BCUT2D eigenvalue weighted by Gasteiger charge is -2.31. The van der Waals surface area contributed by atoms with E-state index in [-0.39, 0.29) is 30.1 Å². The maximum absolute atomic E-state index is 13.6. The minimum atomic E-state index is -0.993. The molecule has 0 fully saturated rings. The molecule has 0 spiro atoms. The number of benzene rings is 2. The zero-order valence-corrected chi connectivity index (χ0v) is 21.3. The summed E-state index contributed by atoms with van der Waals surface area (Å²) in [5.41, 5.74) is 0.272. The molecule has 7 nitrogen and oxygen atoms in total. The van der Waals surface area contributed by atoms with Crippen LogP contribution in [0, 0.1) is 0 Å². The van der Waals surface area contributed by atoms with E-state index in [2.05, 4.69) is 0 Å². The molecule has 184 valence electrons. The van der Waals surface area contributed by atoms with Gasteiger partial charge in [0.15, 0.2) is 0 Å². The topological polar surface area (TPSA) is 79.3 Å². The molecule has 34 heavy (non-hydrogen) atoms. The van der Waals surface area contributed by atoms with Gasteiger partial charge >= 0.3 is 6.09 Å². The second-order valence-corrected chi connectivity index (χ2v) is 10.7. The van der Waals surface area contributed by atoms with Crippen LogP contribution >= 0.6 is 11.6 Å². The van der Waals surface area contributed by atoms with Gasteiger partial charge in [-0.2, -0.15) is 0 Å². The van der Waals surface area contributed by atoms with Crippen LogP contribution in [-0.2, 0) is 11.3 Å². The Balaban J connectivity index is 1.89. The average molecular weight is 489 g/mol. The number of hydrogen-bond acceptors (Lipinski definition) is 5. The van der Waals surface area contributed by atoms with Crippen LogP contribution in [-0.4, -0.2) is 52.4 Å². The van der Waals surface area contributed by atoms with Gasteiger partial charge in [0.25, 0.3) is 5.91 Å². The number of amides is 2. The number of rotatable bonds is 4. The molecule has 0 aromatic heterocycles. The molecule has 2 aromatic rings. The minimum absolute atomic E-state index is 0.0914. The number of carbonyl (C=O) groups excluding carboxylic acids is 2. The predicted octanol–water partition coefficient (Wildman–Crippen LogP) is 5.28. The molecule has 1 heterocycles. The number of halogens is 1. The van der Waals surface area contributed by atoms with Crippen LogP contribution in [0.5, 0.6) is 5.75 Å². The summed E-state index contributed by atoms with van der Waals surface area (Å²) >= 11 is 6.47. The molecule has 0 aliphatic carbocycles. The Morgan fingerprint density at radius 1 is 1.12 bits per heavy atom. The SMILES string of the molecule is C[C@@H]1CN(C(=O)c2ccc(OCC(C)(C)O)cc2Cl)c2ccccc2CN1C(=O)OC(C)(C)C. The smallest absolute Gasteiger partial charge is 0.410 e. The Bertz CT molecular complexity index is 1060. The molecule has 8 heteroatoms. The molecule has 1 atom stereocenters. The van der Waals surface area contributed by atoms with Crippen molar-refractivity contribution in [3.05, 3.63) is 58.6 Å². The molecular weight excluding hydrogens is 456 g/mol. The molecule has 1 aliphatic heterocycles. The second-order valence-electron chi connectivity index (χ2n) is 10.2. The van der Waals surface area contributed by atoms with E-state index < -0.39 is 17.3 Å². The van der Waals surface area contributed by atoms with Gasteiger partial charge in [-0.25, -0.2) is 4.79 Å². The third kappa shape index (κ3) is 6.42. The van der Waals surface area contributed by atoms with Crippen molar-refractivity contribution in [3.63, 3.8) is 0 Å². The summed E-state index contributed by atoms with van der Waals surface area (Å²) in [6.07, 6.45) is -0.421. The highest BCUT2D eigenvalue weighted by molar-refractivity contribution is 6.34. The zero-order chi connectivity index (χ0) is 25.3. The summed E-state index contributed by atoms with van der Waals surface area (Å²) in [5, 5.41) is 10.1. The Morgan fingerprint density at radius 2 is 1.79 bits per heavy atom. The molecule has 2 aromatic carbocycles. The molecule has 0 radical (unpaired) electrons. The van der Waals surface area contributed by atoms with Crippen LogP contribution in [0.1, 0.15) is 57.5 Å². The molecule has 1 aliphatic rings. The van der Waals surface area contributed by atoms with Crippen LogP contribution in [0.3, 0.4) is 0 Å². The summed E-state index contributed by atoms with van der Waals surface area (Å²) in [5.74, 6) is 0.189. The van der Waals surface area contributed by atoms with Gasteiger partial charge in [-0.1, -0.05) is 29.8 Å². The van der Waals surface area contributed by atoms with E-state index in [0.717, 1.165) is 11.3 Å². The Hall–Kier alpha value is -2.77. The highest BCUT2D eigenvalue weighted by atomic mass is 35.5. The zero-order valence-electron chi connectivity index (χ0n) is 20.6. The van der Waals surface area contributed by atoms with Gasteiger partial charge in [-0.15, -0.1) is 0 Å². The van der Waals surface area contributed by atoms with Crippen molar-refractivity contribution in [2.24, 2.45) is 0 Å². The lowest BCUT2D eigenvalue weighted by Crippen LogP contribution is -2.46. The quantitative estimate of drug-likeness (QED) is 0.633. The minimum Gasteiger partial charge on any atom is -0.491 e. The summed E-state index contributed by atoms with van der Waals surface area (Å²) < 4.78 is 11.2. The van der Waals surface area contributed by atoms with Gasteiger partial charge in [0.1, 0.15) is 18.0 Å². The summed E-state index contributed by atoms with van der Waals surface area (Å²) in [6, 6.07) is 12.1. The number of para-hydroxylation sites is 1. The molecule has 0 saturated heterocycles. The lowest BCUT2D eigenvalue weighted by molar-refractivity contribution is 0.0167. The van der Waals surface area contributed by atoms with E-state index in [0.29, 0.717) is 17.9 Å². The Morgan fingerprint density at radius 3 is 2.41 bits per heavy atom. The van der Waals surface area contributed by atoms with Gasteiger partial charge in [0.2, 0.25) is 0 Å². The van der Waals surface area contributed by atoms with Gasteiger partial charge in [-0.3, -0.25) is 9.69 Å². The number of ether oxygens (including phenoxy) is 2. The molecule has 0 unspecified atom stereocenters. The standard InChI is InChI=1S/C26H33ClN2O5/c1-17-14-29(23(30)20-12-11-19(13-21(20)27)33-16-26(5,6)32)22-10-8-7-9-18(22)15-28(17)24(31)34-25(2,3)4/h7-13,17,32H,14-16H2,1-6H3/t17-/m1/s1. The molecule has 3 rings (SSSR count).